The summed E-state index contributed by atoms with van der Waals surface area (Å²) in [6.45, 7) is 8.41. The molecule has 1 N–H and O–H groups in total. The SMILES string of the molecule is CCNC(=O)[C@@H](C)N(Cc1ccc(C)cc1)C(=O)COc1ccc(CC)cc1Br. The van der Waals surface area contributed by atoms with Crippen LogP contribution in [0.5, 0.6) is 5.75 Å². The van der Waals surface area contributed by atoms with E-state index in [1.54, 1.807) is 11.8 Å². The van der Waals surface area contributed by atoms with Crippen molar-refractivity contribution in [3.63, 3.8) is 0 Å². The number of rotatable bonds is 9. The minimum absolute atomic E-state index is 0.139. The van der Waals surface area contributed by atoms with E-state index in [-0.39, 0.29) is 18.4 Å². The number of carbonyl (C=O) groups excluding carboxylic acids is 2. The second kappa shape index (κ2) is 11.0. The molecule has 0 radical (unpaired) electrons. The van der Waals surface area contributed by atoms with Gasteiger partial charge in [0.2, 0.25) is 5.91 Å². The fourth-order valence-corrected chi connectivity index (χ4v) is 3.44. The molecule has 6 heteroatoms. The summed E-state index contributed by atoms with van der Waals surface area (Å²) < 4.78 is 6.57. The van der Waals surface area contributed by atoms with Crippen molar-refractivity contribution in [3.05, 3.63) is 63.6 Å². The van der Waals surface area contributed by atoms with E-state index in [1.807, 2.05) is 56.3 Å². The van der Waals surface area contributed by atoms with Gasteiger partial charge < -0.3 is 15.0 Å². The number of amides is 2. The van der Waals surface area contributed by atoms with Crippen LogP contribution >= 0.6 is 15.9 Å². The molecule has 2 amide bonds. The molecule has 0 aliphatic heterocycles. The van der Waals surface area contributed by atoms with Crippen LogP contribution < -0.4 is 10.1 Å². The van der Waals surface area contributed by atoms with Crippen molar-refractivity contribution >= 4 is 27.7 Å². The third-order valence-corrected chi connectivity index (χ3v) is 5.37. The predicted octanol–water partition coefficient (Wildman–Crippen LogP) is 4.25. The number of nitrogens with one attached hydrogen (secondary N) is 1. The Balaban J connectivity index is 2.14. The molecule has 0 heterocycles. The molecule has 5 nitrogen and oxygen atoms in total. The average molecular weight is 461 g/mol. The first kappa shape index (κ1) is 22.9. The first-order valence-corrected chi connectivity index (χ1v) is 10.7. The summed E-state index contributed by atoms with van der Waals surface area (Å²) in [5, 5.41) is 2.79. The standard InChI is InChI=1S/C23H29BrN2O3/c1-5-18-11-12-21(20(24)13-18)29-15-22(27)26(17(4)23(28)25-6-2)14-19-9-7-16(3)8-10-19/h7-13,17H,5-6,14-15H2,1-4H3,(H,25,28)/t17-/m1/s1. The number of hydrogen-bond donors (Lipinski definition) is 1. The second-order valence-corrected chi connectivity index (χ2v) is 7.84. The molecule has 29 heavy (non-hydrogen) atoms. The van der Waals surface area contributed by atoms with Crippen molar-refractivity contribution in [1.82, 2.24) is 10.2 Å². The van der Waals surface area contributed by atoms with Gasteiger partial charge in [-0.1, -0.05) is 42.8 Å². The maximum absolute atomic E-state index is 13.0. The predicted molar refractivity (Wildman–Crippen MR) is 119 cm³/mol. The molecule has 0 aliphatic carbocycles. The van der Waals surface area contributed by atoms with Crippen LogP contribution in [0.15, 0.2) is 46.9 Å². The van der Waals surface area contributed by atoms with Gasteiger partial charge in [-0.2, -0.15) is 0 Å². The number of hydrogen-bond acceptors (Lipinski definition) is 3. The van der Waals surface area contributed by atoms with Crippen LogP contribution in [0.4, 0.5) is 0 Å². The van der Waals surface area contributed by atoms with Gasteiger partial charge in [0.25, 0.3) is 5.91 Å². The van der Waals surface area contributed by atoms with E-state index in [1.165, 1.54) is 5.56 Å². The maximum atomic E-state index is 13.0. The molecule has 0 aromatic heterocycles. The average Bonchev–Trinajstić information content (AvgIpc) is 2.71. The topological polar surface area (TPSA) is 58.6 Å². The van der Waals surface area contributed by atoms with Gasteiger partial charge in [-0.25, -0.2) is 0 Å². The summed E-state index contributed by atoms with van der Waals surface area (Å²) in [6.07, 6.45) is 0.923. The Morgan fingerprint density at radius 1 is 1.10 bits per heavy atom. The molecule has 2 aromatic carbocycles. The number of benzene rings is 2. The number of carbonyl (C=O) groups is 2. The molecule has 0 fully saturated rings. The van der Waals surface area contributed by atoms with Gasteiger partial charge >= 0.3 is 0 Å². The number of nitrogens with zero attached hydrogens (tertiary/aromatic N) is 1. The third-order valence-electron chi connectivity index (χ3n) is 4.75. The third kappa shape index (κ3) is 6.60. The fourth-order valence-electron chi connectivity index (χ4n) is 2.90. The lowest BCUT2D eigenvalue weighted by molar-refractivity contribution is -0.142. The van der Waals surface area contributed by atoms with Gasteiger partial charge in [-0.3, -0.25) is 9.59 Å². The minimum atomic E-state index is -0.599. The molecule has 0 bridgehead atoms. The summed E-state index contributed by atoms with van der Waals surface area (Å²) in [6, 6.07) is 13.2. The van der Waals surface area contributed by atoms with Crippen molar-refractivity contribution in [1.29, 1.82) is 0 Å². The van der Waals surface area contributed by atoms with Gasteiger partial charge in [-0.05, 0) is 66.4 Å². The lowest BCUT2D eigenvalue weighted by Crippen LogP contribution is -2.49. The highest BCUT2D eigenvalue weighted by Crippen LogP contribution is 2.26. The van der Waals surface area contributed by atoms with Crippen LogP contribution in [-0.4, -0.2) is 35.9 Å². The highest BCUT2D eigenvalue weighted by atomic mass is 79.9. The van der Waals surface area contributed by atoms with E-state index in [0.29, 0.717) is 18.8 Å². The van der Waals surface area contributed by atoms with Crippen molar-refractivity contribution < 1.29 is 14.3 Å². The number of halogens is 1. The molecule has 1 atom stereocenters. The highest BCUT2D eigenvalue weighted by molar-refractivity contribution is 9.10. The van der Waals surface area contributed by atoms with Gasteiger partial charge in [0.1, 0.15) is 11.8 Å². The van der Waals surface area contributed by atoms with E-state index in [9.17, 15) is 9.59 Å². The molecule has 0 spiro atoms. The largest absolute Gasteiger partial charge is 0.483 e. The number of likely N-dealkylation sites (N-methyl/N-ethyl adjacent to an activating group) is 1. The molecule has 0 saturated heterocycles. The van der Waals surface area contributed by atoms with E-state index in [4.69, 9.17) is 4.74 Å². The summed E-state index contributed by atoms with van der Waals surface area (Å²) >= 11 is 3.49. The van der Waals surface area contributed by atoms with Crippen LogP contribution in [0.3, 0.4) is 0 Å². The quantitative estimate of drug-likeness (QED) is 0.608. The zero-order chi connectivity index (χ0) is 21.4. The lowest BCUT2D eigenvalue weighted by atomic mass is 10.1. The van der Waals surface area contributed by atoms with Crippen molar-refractivity contribution in [2.75, 3.05) is 13.2 Å². The molecule has 156 valence electrons. The van der Waals surface area contributed by atoms with Gasteiger partial charge in [0.15, 0.2) is 6.61 Å². The maximum Gasteiger partial charge on any atom is 0.261 e. The molecule has 2 aromatic rings. The fraction of sp³-hybridized carbons (Fsp3) is 0.391. The van der Waals surface area contributed by atoms with E-state index >= 15 is 0 Å². The van der Waals surface area contributed by atoms with E-state index < -0.39 is 6.04 Å². The summed E-state index contributed by atoms with van der Waals surface area (Å²) in [7, 11) is 0. The Morgan fingerprint density at radius 3 is 2.34 bits per heavy atom. The smallest absolute Gasteiger partial charge is 0.261 e. The number of aryl methyl sites for hydroxylation is 2. The zero-order valence-corrected chi connectivity index (χ0v) is 19.1. The van der Waals surface area contributed by atoms with Crippen LogP contribution in [-0.2, 0) is 22.6 Å². The molecule has 0 saturated carbocycles. The Morgan fingerprint density at radius 2 is 1.76 bits per heavy atom. The Hall–Kier alpha value is -2.34. The van der Waals surface area contributed by atoms with Gasteiger partial charge in [0, 0.05) is 13.1 Å². The van der Waals surface area contributed by atoms with E-state index in [0.717, 1.165) is 22.0 Å². The van der Waals surface area contributed by atoms with Crippen LogP contribution in [0.2, 0.25) is 0 Å². The Kier molecular flexibility index (Phi) is 8.70. The monoisotopic (exact) mass is 460 g/mol. The summed E-state index contributed by atoms with van der Waals surface area (Å²) in [5.41, 5.74) is 3.29. The highest BCUT2D eigenvalue weighted by Gasteiger charge is 2.26. The van der Waals surface area contributed by atoms with Crippen LogP contribution in [0.1, 0.15) is 37.5 Å². The molecular formula is C23H29BrN2O3. The zero-order valence-electron chi connectivity index (χ0n) is 17.5. The molecule has 0 aliphatic rings. The van der Waals surface area contributed by atoms with Gasteiger partial charge in [0.05, 0.1) is 4.47 Å². The normalized spacial score (nSPS) is 11.6. The molecule has 2 rings (SSSR count). The lowest BCUT2D eigenvalue weighted by Gasteiger charge is -2.28. The summed E-state index contributed by atoms with van der Waals surface area (Å²) in [5.74, 6) is 0.189. The first-order valence-electron chi connectivity index (χ1n) is 9.89. The van der Waals surface area contributed by atoms with Gasteiger partial charge in [-0.15, -0.1) is 0 Å². The van der Waals surface area contributed by atoms with Crippen LogP contribution in [0.25, 0.3) is 0 Å². The molecule has 0 unspecified atom stereocenters. The minimum Gasteiger partial charge on any atom is -0.483 e. The van der Waals surface area contributed by atoms with Crippen molar-refractivity contribution in [2.45, 2.75) is 46.7 Å². The number of ether oxygens (including phenoxy) is 1. The summed E-state index contributed by atoms with van der Waals surface area (Å²) in [4.78, 5) is 26.9. The van der Waals surface area contributed by atoms with Crippen molar-refractivity contribution in [3.8, 4) is 5.75 Å². The van der Waals surface area contributed by atoms with Crippen molar-refractivity contribution in [2.24, 2.45) is 0 Å². The second-order valence-electron chi connectivity index (χ2n) is 6.98. The Bertz CT molecular complexity index is 837. The molecular weight excluding hydrogens is 432 g/mol. The van der Waals surface area contributed by atoms with E-state index in [2.05, 4.69) is 28.2 Å². The van der Waals surface area contributed by atoms with Crippen LogP contribution in [0, 0.1) is 6.92 Å². The first-order chi connectivity index (χ1) is 13.8. The Labute approximate surface area is 181 Å².